The number of rotatable bonds is 8. The number of nitrogens with one attached hydrogen (secondary N) is 1. The number of ether oxygens (including phenoxy) is 2. The highest BCUT2D eigenvalue weighted by Crippen LogP contribution is 2.25. The van der Waals surface area contributed by atoms with Crippen molar-refractivity contribution in [2.75, 3.05) is 11.3 Å². The Morgan fingerprint density at radius 3 is 2.35 bits per heavy atom. The molecule has 0 fully saturated rings. The Labute approximate surface area is 196 Å². The van der Waals surface area contributed by atoms with E-state index in [-0.39, 0.29) is 28.8 Å². The largest absolute Gasteiger partial charge is 0.491 e. The third kappa shape index (κ3) is 5.15. The summed E-state index contributed by atoms with van der Waals surface area (Å²) in [4.78, 5) is -0.216. The number of nitrogens with zero attached hydrogens (tertiary/aromatic N) is 4. The van der Waals surface area contributed by atoms with E-state index in [4.69, 9.17) is 9.47 Å². The molecule has 4 rings (SSSR count). The van der Waals surface area contributed by atoms with Gasteiger partial charge >= 0.3 is 0 Å². The number of hydrogen-bond donors (Lipinski definition) is 1. The second kappa shape index (κ2) is 9.48. The zero-order chi connectivity index (χ0) is 24.3. The van der Waals surface area contributed by atoms with Gasteiger partial charge in [0, 0.05) is 17.4 Å². The summed E-state index contributed by atoms with van der Waals surface area (Å²) in [7, 11) is -3.99. The molecule has 0 unspecified atom stereocenters. The number of benzene rings is 2. The van der Waals surface area contributed by atoms with Gasteiger partial charge in [-0.25, -0.2) is 17.5 Å². The number of aromatic nitrogens is 4. The van der Waals surface area contributed by atoms with Gasteiger partial charge in [0.15, 0.2) is 17.4 Å². The molecule has 0 bridgehead atoms. The third-order valence-corrected chi connectivity index (χ3v) is 6.07. The van der Waals surface area contributed by atoms with Gasteiger partial charge in [-0.3, -0.25) is 4.72 Å². The number of sulfonamides is 1. The summed E-state index contributed by atoms with van der Waals surface area (Å²) in [6.07, 6.45) is 0. The first kappa shape index (κ1) is 23.2. The molecule has 0 atom stereocenters. The average Bonchev–Trinajstić information content (AvgIpc) is 3.14. The lowest BCUT2D eigenvalue weighted by atomic mass is 10.3. The van der Waals surface area contributed by atoms with Crippen molar-refractivity contribution < 1.29 is 22.3 Å². The molecule has 1 N–H and O–H groups in total. The Morgan fingerprint density at radius 1 is 1.00 bits per heavy atom. The molecule has 11 heteroatoms. The minimum absolute atomic E-state index is 0.00560. The van der Waals surface area contributed by atoms with E-state index in [2.05, 4.69) is 20.0 Å². The van der Waals surface area contributed by atoms with Crippen molar-refractivity contribution in [1.29, 1.82) is 0 Å². The predicted molar refractivity (Wildman–Crippen MR) is 124 cm³/mol. The van der Waals surface area contributed by atoms with Crippen molar-refractivity contribution in [2.45, 2.75) is 25.7 Å². The first-order chi connectivity index (χ1) is 16.2. The molecule has 176 valence electrons. The van der Waals surface area contributed by atoms with Gasteiger partial charge in [-0.2, -0.15) is 5.10 Å². The SMILES string of the molecule is CCOc1ccc(S(=O)(=O)Nc2ccc(Oc3ccc(-n4nc(C)cc4C)nn3)cc2)cc1F. The molecule has 0 spiro atoms. The normalized spacial score (nSPS) is 11.3. The predicted octanol–water partition coefficient (Wildman–Crippen LogP) is 4.41. The van der Waals surface area contributed by atoms with Gasteiger partial charge in [-0.15, -0.1) is 10.2 Å². The monoisotopic (exact) mass is 483 g/mol. The Bertz CT molecular complexity index is 1400. The molecular weight excluding hydrogens is 461 g/mol. The Hall–Kier alpha value is -3.99. The van der Waals surface area contributed by atoms with Gasteiger partial charge in [0.1, 0.15) is 5.75 Å². The van der Waals surface area contributed by atoms with Gasteiger partial charge in [-0.1, -0.05) is 0 Å². The van der Waals surface area contributed by atoms with E-state index in [1.54, 1.807) is 35.9 Å². The van der Waals surface area contributed by atoms with Crippen molar-refractivity contribution in [2.24, 2.45) is 0 Å². The van der Waals surface area contributed by atoms with E-state index in [9.17, 15) is 12.8 Å². The average molecular weight is 484 g/mol. The summed E-state index contributed by atoms with van der Waals surface area (Å²) < 4.78 is 54.1. The lowest BCUT2D eigenvalue weighted by Crippen LogP contribution is -2.13. The fraction of sp³-hybridized carbons (Fsp3) is 0.174. The van der Waals surface area contributed by atoms with Gasteiger partial charge in [0.05, 0.1) is 17.2 Å². The van der Waals surface area contributed by atoms with Crippen LogP contribution in [0.3, 0.4) is 0 Å². The van der Waals surface area contributed by atoms with Crippen LogP contribution in [0, 0.1) is 19.7 Å². The van der Waals surface area contributed by atoms with Crippen molar-refractivity contribution in [1.82, 2.24) is 20.0 Å². The van der Waals surface area contributed by atoms with Crippen molar-refractivity contribution >= 4 is 15.7 Å². The summed E-state index contributed by atoms with van der Waals surface area (Å²) in [6.45, 7) is 5.81. The molecule has 0 radical (unpaired) electrons. The smallest absolute Gasteiger partial charge is 0.262 e. The van der Waals surface area contributed by atoms with Crippen LogP contribution in [-0.2, 0) is 10.0 Å². The molecule has 2 heterocycles. The Morgan fingerprint density at radius 2 is 1.76 bits per heavy atom. The first-order valence-electron chi connectivity index (χ1n) is 10.4. The molecule has 34 heavy (non-hydrogen) atoms. The molecule has 0 aliphatic rings. The highest BCUT2D eigenvalue weighted by molar-refractivity contribution is 7.92. The van der Waals surface area contributed by atoms with E-state index in [0.717, 1.165) is 17.5 Å². The molecule has 2 aromatic heterocycles. The minimum Gasteiger partial charge on any atom is -0.491 e. The fourth-order valence-corrected chi connectivity index (χ4v) is 4.26. The second-order valence-corrected chi connectivity index (χ2v) is 9.01. The summed E-state index contributed by atoms with van der Waals surface area (Å²) >= 11 is 0. The molecule has 0 saturated carbocycles. The third-order valence-electron chi connectivity index (χ3n) is 4.70. The molecule has 0 saturated heterocycles. The summed E-state index contributed by atoms with van der Waals surface area (Å²) in [6, 6.07) is 15.0. The van der Waals surface area contributed by atoms with Crippen LogP contribution < -0.4 is 14.2 Å². The van der Waals surface area contributed by atoms with Crippen molar-refractivity contribution in [3.63, 3.8) is 0 Å². The molecule has 0 aliphatic carbocycles. The summed E-state index contributed by atoms with van der Waals surface area (Å²) in [5, 5.41) is 12.6. The van der Waals surface area contributed by atoms with E-state index < -0.39 is 15.8 Å². The molecule has 0 amide bonds. The van der Waals surface area contributed by atoms with Gasteiger partial charge in [0.25, 0.3) is 10.0 Å². The standard InChI is InChI=1S/C23H22FN5O4S/c1-4-32-21-10-9-19(14-20(21)24)34(30,31)28-17-5-7-18(8-6-17)33-23-12-11-22(25-26-23)29-16(3)13-15(2)27-29/h5-14,28H,4H2,1-3H3. The maximum absolute atomic E-state index is 14.1. The van der Waals surface area contributed by atoms with Crippen LogP contribution in [0.25, 0.3) is 5.82 Å². The zero-order valence-corrected chi connectivity index (χ0v) is 19.5. The maximum Gasteiger partial charge on any atom is 0.262 e. The van der Waals surface area contributed by atoms with Gasteiger partial charge in [0.2, 0.25) is 5.88 Å². The highest BCUT2D eigenvalue weighted by atomic mass is 32.2. The molecule has 0 aliphatic heterocycles. The van der Waals surface area contributed by atoms with Crippen molar-refractivity contribution in [3.8, 4) is 23.2 Å². The highest BCUT2D eigenvalue weighted by Gasteiger charge is 2.17. The van der Waals surface area contributed by atoms with Gasteiger partial charge < -0.3 is 9.47 Å². The minimum atomic E-state index is -3.99. The number of hydrogen-bond acceptors (Lipinski definition) is 7. The Kier molecular flexibility index (Phi) is 6.46. The van der Waals surface area contributed by atoms with E-state index in [1.165, 1.54) is 24.3 Å². The van der Waals surface area contributed by atoms with Crippen LogP contribution in [0.15, 0.2) is 65.6 Å². The van der Waals surface area contributed by atoms with Crippen LogP contribution in [0.4, 0.5) is 10.1 Å². The van der Waals surface area contributed by atoms with Crippen LogP contribution in [0.2, 0.25) is 0 Å². The maximum atomic E-state index is 14.1. The Balaban J connectivity index is 1.43. The number of halogens is 1. The topological polar surface area (TPSA) is 108 Å². The van der Waals surface area contributed by atoms with Crippen molar-refractivity contribution in [3.05, 3.63) is 77.9 Å². The quantitative estimate of drug-likeness (QED) is 0.395. The fourth-order valence-electron chi connectivity index (χ4n) is 3.19. The number of aryl methyl sites for hydroxylation is 2. The zero-order valence-electron chi connectivity index (χ0n) is 18.7. The van der Waals surface area contributed by atoms with Gasteiger partial charge in [-0.05, 0) is 75.4 Å². The van der Waals surface area contributed by atoms with E-state index in [1.807, 2.05) is 19.9 Å². The second-order valence-electron chi connectivity index (χ2n) is 7.33. The summed E-state index contributed by atoms with van der Waals surface area (Å²) in [5.74, 6) is 0.507. The molecule has 2 aromatic carbocycles. The van der Waals surface area contributed by atoms with E-state index in [0.29, 0.717) is 11.6 Å². The number of anilines is 1. The van der Waals surface area contributed by atoms with Crippen LogP contribution >= 0.6 is 0 Å². The molecular formula is C23H22FN5O4S. The van der Waals surface area contributed by atoms with Crippen LogP contribution in [0.5, 0.6) is 17.4 Å². The summed E-state index contributed by atoms with van der Waals surface area (Å²) in [5.41, 5.74) is 2.10. The van der Waals surface area contributed by atoms with E-state index >= 15 is 0 Å². The molecule has 9 nitrogen and oxygen atoms in total. The van der Waals surface area contributed by atoms with Crippen LogP contribution in [0.1, 0.15) is 18.3 Å². The van der Waals surface area contributed by atoms with Crippen LogP contribution in [-0.4, -0.2) is 35.0 Å². The lowest BCUT2D eigenvalue weighted by molar-refractivity contribution is 0.321. The first-order valence-corrected chi connectivity index (χ1v) is 11.8. The lowest BCUT2D eigenvalue weighted by Gasteiger charge is -2.11. The molecule has 4 aromatic rings.